The van der Waals surface area contributed by atoms with E-state index in [1.54, 1.807) is 0 Å². The van der Waals surface area contributed by atoms with Gasteiger partial charge >= 0.3 is 0 Å². The normalized spacial score (nSPS) is 25.2. The SMILES string of the molecule is O=C1CCC(NC(=O)C2COc3ccccc32)CN1. The van der Waals surface area contributed by atoms with Crippen LogP contribution < -0.4 is 15.4 Å². The first kappa shape index (κ1) is 12.0. The Hall–Kier alpha value is -2.04. The molecule has 0 aliphatic carbocycles. The molecule has 5 heteroatoms. The van der Waals surface area contributed by atoms with Gasteiger partial charge in [0.05, 0.1) is 0 Å². The van der Waals surface area contributed by atoms with Crippen LogP contribution >= 0.6 is 0 Å². The molecule has 0 spiro atoms. The predicted octanol–water partition coefficient (Wildman–Crippen LogP) is 0.557. The summed E-state index contributed by atoms with van der Waals surface area (Å²) in [6, 6.07) is 7.64. The van der Waals surface area contributed by atoms with E-state index in [9.17, 15) is 9.59 Å². The number of hydrogen-bond donors (Lipinski definition) is 2. The quantitative estimate of drug-likeness (QED) is 0.816. The minimum atomic E-state index is -0.242. The number of rotatable bonds is 2. The van der Waals surface area contributed by atoms with Gasteiger partial charge in [-0.1, -0.05) is 18.2 Å². The number of ether oxygens (including phenoxy) is 1. The number of nitrogens with one attached hydrogen (secondary N) is 2. The van der Waals surface area contributed by atoms with Crippen molar-refractivity contribution in [3.63, 3.8) is 0 Å². The molecule has 2 aliphatic heterocycles. The van der Waals surface area contributed by atoms with Crippen molar-refractivity contribution in [3.8, 4) is 5.75 Å². The average molecular weight is 260 g/mol. The average Bonchev–Trinajstić information content (AvgIpc) is 2.85. The topological polar surface area (TPSA) is 67.4 Å². The molecule has 2 aliphatic rings. The first-order valence-corrected chi connectivity index (χ1v) is 6.53. The van der Waals surface area contributed by atoms with Gasteiger partial charge in [-0.3, -0.25) is 9.59 Å². The van der Waals surface area contributed by atoms with Crippen molar-refractivity contribution in [1.82, 2.24) is 10.6 Å². The maximum Gasteiger partial charge on any atom is 0.231 e. The highest BCUT2D eigenvalue weighted by molar-refractivity contribution is 5.86. The number of hydrogen-bond acceptors (Lipinski definition) is 3. The fraction of sp³-hybridized carbons (Fsp3) is 0.429. The molecule has 2 atom stereocenters. The van der Waals surface area contributed by atoms with Crippen molar-refractivity contribution >= 4 is 11.8 Å². The molecule has 1 aromatic carbocycles. The van der Waals surface area contributed by atoms with Gasteiger partial charge < -0.3 is 15.4 Å². The summed E-state index contributed by atoms with van der Waals surface area (Å²) >= 11 is 0. The molecule has 1 aromatic rings. The lowest BCUT2D eigenvalue weighted by molar-refractivity contribution is -0.126. The summed E-state index contributed by atoms with van der Waals surface area (Å²) in [6.07, 6.45) is 1.18. The lowest BCUT2D eigenvalue weighted by Crippen LogP contribution is -2.49. The van der Waals surface area contributed by atoms with Gasteiger partial charge in [0, 0.05) is 24.6 Å². The fourth-order valence-electron chi connectivity index (χ4n) is 2.54. The Bertz CT molecular complexity index is 505. The molecule has 2 unspecified atom stereocenters. The minimum absolute atomic E-state index is 0.0221. The van der Waals surface area contributed by atoms with E-state index in [-0.39, 0.29) is 23.8 Å². The number of carbonyl (C=O) groups excluding carboxylic acids is 2. The van der Waals surface area contributed by atoms with E-state index in [0.29, 0.717) is 26.0 Å². The van der Waals surface area contributed by atoms with Crippen LogP contribution in [0.4, 0.5) is 0 Å². The van der Waals surface area contributed by atoms with Crippen molar-refractivity contribution in [2.24, 2.45) is 0 Å². The molecule has 2 heterocycles. The first-order valence-electron chi connectivity index (χ1n) is 6.53. The third-order valence-corrected chi connectivity index (χ3v) is 3.63. The van der Waals surface area contributed by atoms with Crippen LogP contribution in [-0.4, -0.2) is 31.0 Å². The molecular formula is C14H16N2O3. The Labute approximate surface area is 111 Å². The van der Waals surface area contributed by atoms with E-state index >= 15 is 0 Å². The zero-order valence-corrected chi connectivity index (χ0v) is 10.5. The van der Waals surface area contributed by atoms with Gasteiger partial charge in [0.15, 0.2) is 0 Å². The maximum absolute atomic E-state index is 12.3. The molecule has 1 fully saturated rings. The zero-order chi connectivity index (χ0) is 13.2. The smallest absolute Gasteiger partial charge is 0.231 e. The van der Waals surface area contributed by atoms with Gasteiger partial charge in [-0.15, -0.1) is 0 Å². The standard InChI is InChI=1S/C14H16N2O3/c17-13-6-5-9(7-15-13)16-14(18)11-8-19-12-4-2-1-3-10(11)12/h1-4,9,11H,5-8H2,(H,15,17)(H,16,18). The molecule has 19 heavy (non-hydrogen) atoms. The molecule has 2 amide bonds. The number of carbonyl (C=O) groups is 2. The van der Waals surface area contributed by atoms with E-state index in [1.807, 2.05) is 24.3 Å². The van der Waals surface area contributed by atoms with Crippen molar-refractivity contribution in [3.05, 3.63) is 29.8 Å². The van der Waals surface area contributed by atoms with Crippen LogP contribution in [0.5, 0.6) is 5.75 Å². The lowest BCUT2D eigenvalue weighted by atomic mass is 9.99. The molecule has 5 nitrogen and oxygen atoms in total. The van der Waals surface area contributed by atoms with Crippen LogP contribution in [0.15, 0.2) is 24.3 Å². The summed E-state index contributed by atoms with van der Waals surface area (Å²) in [6.45, 7) is 0.907. The minimum Gasteiger partial charge on any atom is -0.492 e. The van der Waals surface area contributed by atoms with Gasteiger partial charge in [0.25, 0.3) is 0 Å². The Morgan fingerprint density at radius 3 is 3.00 bits per heavy atom. The van der Waals surface area contributed by atoms with Crippen LogP contribution in [0.3, 0.4) is 0 Å². The molecule has 1 saturated heterocycles. The van der Waals surface area contributed by atoms with E-state index in [2.05, 4.69) is 10.6 Å². The summed E-state index contributed by atoms with van der Waals surface area (Å²) in [4.78, 5) is 23.3. The maximum atomic E-state index is 12.3. The second kappa shape index (κ2) is 4.91. The van der Waals surface area contributed by atoms with Crippen molar-refractivity contribution in [1.29, 1.82) is 0 Å². The Balaban J connectivity index is 1.64. The summed E-state index contributed by atoms with van der Waals surface area (Å²) in [7, 11) is 0. The van der Waals surface area contributed by atoms with Crippen molar-refractivity contribution in [2.75, 3.05) is 13.2 Å². The van der Waals surface area contributed by atoms with Gasteiger partial charge in [0.1, 0.15) is 18.3 Å². The zero-order valence-electron chi connectivity index (χ0n) is 10.5. The highest BCUT2D eigenvalue weighted by Gasteiger charge is 2.31. The first-order chi connectivity index (χ1) is 9.24. The molecule has 0 radical (unpaired) electrons. The molecule has 0 aromatic heterocycles. The summed E-state index contributed by atoms with van der Waals surface area (Å²) in [5.74, 6) is 0.583. The van der Waals surface area contributed by atoms with Crippen LogP contribution in [0.25, 0.3) is 0 Å². The van der Waals surface area contributed by atoms with Gasteiger partial charge in [-0.05, 0) is 12.5 Å². The number of fused-ring (bicyclic) bond motifs is 1. The van der Waals surface area contributed by atoms with E-state index in [4.69, 9.17) is 4.74 Å². The molecule has 100 valence electrons. The third kappa shape index (κ3) is 2.41. The van der Waals surface area contributed by atoms with Crippen LogP contribution in [0.1, 0.15) is 24.3 Å². The lowest BCUT2D eigenvalue weighted by Gasteiger charge is -2.24. The molecular weight excluding hydrogens is 244 g/mol. The summed E-state index contributed by atoms with van der Waals surface area (Å²) in [5, 5.41) is 5.75. The molecule has 3 rings (SSSR count). The monoisotopic (exact) mass is 260 g/mol. The fourth-order valence-corrected chi connectivity index (χ4v) is 2.54. The van der Waals surface area contributed by atoms with Crippen LogP contribution in [0.2, 0.25) is 0 Å². The van der Waals surface area contributed by atoms with E-state index in [1.165, 1.54) is 0 Å². The molecule has 0 bridgehead atoms. The summed E-state index contributed by atoms with van der Waals surface area (Å²) in [5.41, 5.74) is 0.944. The molecule has 2 N–H and O–H groups in total. The largest absolute Gasteiger partial charge is 0.492 e. The number of benzene rings is 1. The van der Waals surface area contributed by atoms with Gasteiger partial charge in [-0.2, -0.15) is 0 Å². The number of para-hydroxylation sites is 1. The number of amides is 2. The predicted molar refractivity (Wildman–Crippen MR) is 68.9 cm³/mol. The second-order valence-electron chi connectivity index (χ2n) is 4.95. The summed E-state index contributed by atoms with van der Waals surface area (Å²) < 4.78 is 5.51. The Morgan fingerprint density at radius 2 is 2.21 bits per heavy atom. The Kier molecular flexibility index (Phi) is 3.11. The Morgan fingerprint density at radius 1 is 1.37 bits per heavy atom. The van der Waals surface area contributed by atoms with Crippen LogP contribution in [-0.2, 0) is 9.59 Å². The van der Waals surface area contributed by atoms with Crippen molar-refractivity contribution < 1.29 is 14.3 Å². The highest BCUT2D eigenvalue weighted by atomic mass is 16.5. The van der Waals surface area contributed by atoms with Crippen molar-refractivity contribution in [2.45, 2.75) is 24.8 Å². The van der Waals surface area contributed by atoms with Gasteiger partial charge in [-0.25, -0.2) is 0 Å². The van der Waals surface area contributed by atoms with E-state index < -0.39 is 0 Å². The van der Waals surface area contributed by atoms with Gasteiger partial charge in [0.2, 0.25) is 11.8 Å². The third-order valence-electron chi connectivity index (χ3n) is 3.63. The highest BCUT2D eigenvalue weighted by Crippen LogP contribution is 2.33. The van der Waals surface area contributed by atoms with E-state index in [0.717, 1.165) is 11.3 Å². The second-order valence-corrected chi connectivity index (χ2v) is 4.95. The van der Waals surface area contributed by atoms with Crippen LogP contribution in [0, 0.1) is 0 Å². The molecule has 0 saturated carbocycles. The number of piperidine rings is 1.